The zero-order valence-corrected chi connectivity index (χ0v) is 7.86. The Morgan fingerprint density at radius 2 is 2.36 bits per heavy atom. The van der Waals surface area contributed by atoms with Gasteiger partial charge in [-0.15, -0.1) is 0 Å². The SMILES string of the molecule is CCNn1cnc2cc(O)c(N)cc21. The summed E-state index contributed by atoms with van der Waals surface area (Å²) in [6, 6.07) is 3.25. The number of nitrogens with one attached hydrogen (secondary N) is 1. The molecular weight excluding hydrogens is 180 g/mol. The van der Waals surface area contributed by atoms with E-state index in [1.807, 2.05) is 6.92 Å². The molecular formula is C9H12N4O. The van der Waals surface area contributed by atoms with E-state index >= 15 is 0 Å². The van der Waals surface area contributed by atoms with Crippen molar-refractivity contribution >= 4 is 16.7 Å². The Hall–Kier alpha value is -1.91. The fourth-order valence-electron chi connectivity index (χ4n) is 1.36. The van der Waals surface area contributed by atoms with Crippen LogP contribution in [0.1, 0.15) is 6.92 Å². The number of rotatable bonds is 2. The van der Waals surface area contributed by atoms with E-state index in [1.165, 1.54) is 0 Å². The van der Waals surface area contributed by atoms with Gasteiger partial charge < -0.3 is 16.3 Å². The molecule has 0 spiro atoms. The van der Waals surface area contributed by atoms with Crippen LogP contribution in [0.15, 0.2) is 18.5 Å². The molecule has 0 aliphatic carbocycles. The van der Waals surface area contributed by atoms with Gasteiger partial charge in [0.15, 0.2) is 0 Å². The minimum absolute atomic E-state index is 0.0687. The third kappa shape index (κ3) is 1.22. The summed E-state index contributed by atoms with van der Waals surface area (Å²) in [7, 11) is 0. The molecule has 5 heteroatoms. The number of nitrogen functional groups attached to an aromatic ring is 1. The van der Waals surface area contributed by atoms with Crippen LogP contribution >= 0.6 is 0 Å². The third-order valence-electron chi connectivity index (χ3n) is 2.02. The van der Waals surface area contributed by atoms with Gasteiger partial charge in [0.2, 0.25) is 0 Å². The van der Waals surface area contributed by atoms with Crippen LogP contribution in [0.2, 0.25) is 0 Å². The molecule has 0 aliphatic rings. The van der Waals surface area contributed by atoms with Crippen molar-refractivity contribution in [3.8, 4) is 5.75 Å². The molecule has 1 aromatic carbocycles. The van der Waals surface area contributed by atoms with Crippen LogP contribution < -0.4 is 11.2 Å². The Morgan fingerprint density at radius 3 is 3.07 bits per heavy atom. The molecule has 0 saturated carbocycles. The second-order valence-electron chi connectivity index (χ2n) is 3.03. The summed E-state index contributed by atoms with van der Waals surface area (Å²) in [4.78, 5) is 4.12. The van der Waals surface area contributed by atoms with Crippen molar-refractivity contribution < 1.29 is 5.11 Å². The minimum atomic E-state index is 0.0687. The van der Waals surface area contributed by atoms with Crippen LogP contribution in [0.25, 0.3) is 11.0 Å². The van der Waals surface area contributed by atoms with Gasteiger partial charge in [0.1, 0.15) is 12.1 Å². The topological polar surface area (TPSA) is 76.1 Å². The maximum atomic E-state index is 9.36. The van der Waals surface area contributed by atoms with Gasteiger partial charge in [0, 0.05) is 12.6 Å². The highest BCUT2D eigenvalue weighted by Gasteiger charge is 2.05. The van der Waals surface area contributed by atoms with Crippen LogP contribution in [0.5, 0.6) is 5.75 Å². The molecule has 5 nitrogen and oxygen atoms in total. The predicted octanol–water partition coefficient (Wildman–Crippen LogP) is 0.887. The number of benzene rings is 1. The average molecular weight is 192 g/mol. The van der Waals surface area contributed by atoms with Crippen LogP contribution in [0, 0.1) is 0 Å². The lowest BCUT2D eigenvalue weighted by molar-refractivity contribution is 0.478. The number of hydrogen-bond donors (Lipinski definition) is 3. The number of hydrogen-bond acceptors (Lipinski definition) is 4. The number of imidazole rings is 1. The second kappa shape index (κ2) is 3.10. The first-order valence-corrected chi connectivity index (χ1v) is 4.41. The second-order valence-corrected chi connectivity index (χ2v) is 3.03. The third-order valence-corrected chi connectivity index (χ3v) is 2.02. The number of fused-ring (bicyclic) bond motifs is 1. The summed E-state index contributed by atoms with van der Waals surface area (Å²) in [5.74, 6) is 0.0687. The molecule has 2 rings (SSSR count). The molecule has 0 aliphatic heterocycles. The van der Waals surface area contributed by atoms with Gasteiger partial charge in [0.05, 0.1) is 16.7 Å². The highest BCUT2D eigenvalue weighted by molar-refractivity contribution is 5.82. The molecule has 1 heterocycles. The van der Waals surface area contributed by atoms with E-state index in [0.29, 0.717) is 5.69 Å². The summed E-state index contributed by atoms with van der Waals surface area (Å²) in [5, 5.41) is 9.36. The minimum Gasteiger partial charge on any atom is -0.506 e. The first kappa shape index (κ1) is 8.68. The number of anilines is 1. The predicted molar refractivity (Wildman–Crippen MR) is 55.7 cm³/mol. The van der Waals surface area contributed by atoms with E-state index in [2.05, 4.69) is 10.4 Å². The highest BCUT2D eigenvalue weighted by Crippen LogP contribution is 2.25. The van der Waals surface area contributed by atoms with Crippen molar-refractivity contribution in [2.75, 3.05) is 17.7 Å². The lowest BCUT2D eigenvalue weighted by Gasteiger charge is -2.05. The molecule has 0 unspecified atom stereocenters. The largest absolute Gasteiger partial charge is 0.506 e. The number of aromatic nitrogens is 2. The van der Waals surface area contributed by atoms with Crippen molar-refractivity contribution in [3.63, 3.8) is 0 Å². The zero-order valence-electron chi connectivity index (χ0n) is 7.86. The lowest BCUT2D eigenvalue weighted by atomic mass is 10.2. The van der Waals surface area contributed by atoms with E-state index in [1.54, 1.807) is 23.1 Å². The molecule has 0 fully saturated rings. The average Bonchev–Trinajstić information content (AvgIpc) is 2.51. The van der Waals surface area contributed by atoms with Gasteiger partial charge in [-0.1, -0.05) is 0 Å². The quantitative estimate of drug-likeness (QED) is 0.488. The van der Waals surface area contributed by atoms with Crippen LogP contribution in [0.3, 0.4) is 0 Å². The molecule has 0 atom stereocenters. The normalized spacial score (nSPS) is 10.6. The number of nitrogens with zero attached hydrogens (tertiary/aromatic N) is 2. The summed E-state index contributed by atoms with van der Waals surface area (Å²) >= 11 is 0. The van der Waals surface area contributed by atoms with Crippen molar-refractivity contribution in [2.45, 2.75) is 6.92 Å². The summed E-state index contributed by atoms with van der Waals surface area (Å²) < 4.78 is 1.78. The van der Waals surface area contributed by atoms with Gasteiger partial charge in [-0.25, -0.2) is 9.66 Å². The zero-order chi connectivity index (χ0) is 10.1. The number of nitrogens with two attached hydrogens (primary N) is 1. The van der Waals surface area contributed by atoms with Crippen molar-refractivity contribution in [3.05, 3.63) is 18.5 Å². The van der Waals surface area contributed by atoms with Gasteiger partial charge in [-0.05, 0) is 13.0 Å². The number of aromatic hydroxyl groups is 1. The first-order chi connectivity index (χ1) is 6.72. The van der Waals surface area contributed by atoms with E-state index in [0.717, 1.165) is 17.6 Å². The van der Waals surface area contributed by atoms with Crippen molar-refractivity contribution in [1.82, 2.24) is 9.66 Å². The molecule has 2 aromatic rings. The van der Waals surface area contributed by atoms with Gasteiger partial charge in [-0.2, -0.15) is 0 Å². The lowest BCUT2D eigenvalue weighted by Crippen LogP contribution is -2.12. The molecule has 0 saturated heterocycles. The number of phenolic OH excluding ortho intramolecular Hbond substituents is 1. The molecule has 1 aromatic heterocycles. The van der Waals surface area contributed by atoms with Gasteiger partial charge >= 0.3 is 0 Å². The number of phenols is 1. The summed E-state index contributed by atoms with van der Waals surface area (Å²) in [5.41, 5.74) is 10.6. The van der Waals surface area contributed by atoms with Crippen molar-refractivity contribution in [1.29, 1.82) is 0 Å². The Balaban J connectivity index is 2.61. The van der Waals surface area contributed by atoms with E-state index in [4.69, 9.17) is 5.73 Å². The van der Waals surface area contributed by atoms with Crippen LogP contribution in [-0.4, -0.2) is 21.3 Å². The van der Waals surface area contributed by atoms with E-state index < -0.39 is 0 Å². The molecule has 0 bridgehead atoms. The fraction of sp³-hybridized carbons (Fsp3) is 0.222. The fourth-order valence-corrected chi connectivity index (χ4v) is 1.36. The summed E-state index contributed by atoms with van der Waals surface area (Å²) in [6.45, 7) is 2.79. The Morgan fingerprint density at radius 1 is 1.57 bits per heavy atom. The first-order valence-electron chi connectivity index (χ1n) is 4.41. The molecule has 0 amide bonds. The molecule has 14 heavy (non-hydrogen) atoms. The van der Waals surface area contributed by atoms with Crippen LogP contribution in [0.4, 0.5) is 5.69 Å². The van der Waals surface area contributed by atoms with Crippen LogP contribution in [-0.2, 0) is 0 Å². The maximum Gasteiger partial charge on any atom is 0.140 e. The van der Waals surface area contributed by atoms with Gasteiger partial charge in [0.25, 0.3) is 0 Å². The molecule has 4 N–H and O–H groups in total. The van der Waals surface area contributed by atoms with Crippen molar-refractivity contribution in [2.24, 2.45) is 0 Å². The summed E-state index contributed by atoms with van der Waals surface area (Å²) in [6.07, 6.45) is 1.66. The maximum absolute atomic E-state index is 9.36. The Bertz CT molecular complexity index is 463. The van der Waals surface area contributed by atoms with Gasteiger partial charge in [-0.3, -0.25) is 0 Å². The molecule has 74 valence electrons. The van der Waals surface area contributed by atoms with E-state index in [9.17, 15) is 5.11 Å². The Kier molecular flexibility index (Phi) is 1.92. The smallest absolute Gasteiger partial charge is 0.140 e. The Labute approximate surface area is 81.1 Å². The standard InChI is InChI=1S/C9H12N4O/c1-2-12-13-5-11-7-4-9(14)6(10)3-8(7)13/h3-5,12,14H,2,10H2,1H3. The van der Waals surface area contributed by atoms with E-state index in [-0.39, 0.29) is 5.75 Å². The molecule has 0 radical (unpaired) electrons. The highest BCUT2D eigenvalue weighted by atomic mass is 16.3. The monoisotopic (exact) mass is 192 g/mol.